The Hall–Kier alpha value is -10.5. The fourth-order valence-corrected chi connectivity index (χ4v) is 15.8. The number of ether oxygens (including phenoxy) is 1. The quantitative estimate of drug-likeness (QED) is 0.134. The maximum atomic E-state index is 7.82. The van der Waals surface area contributed by atoms with E-state index in [2.05, 4.69) is 339 Å². The Balaban J connectivity index is 0.953. The van der Waals surface area contributed by atoms with Crippen molar-refractivity contribution in [1.82, 2.24) is 0 Å². The van der Waals surface area contributed by atoms with Gasteiger partial charge in [-0.25, -0.2) is 0 Å². The van der Waals surface area contributed by atoms with E-state index in [0.717, 1.165) is 102 Å². The lowest BCUT2D eigenvalue weighted by Crippen LogP contribution is -2.64. The van der Waals surface area contributed by atoms with Gasteiger partial charge in [0.2, 0.25) is 0 Å². The summed E-state index contributed by atoms with van der Waals surface area (Å²) in [4.78, 5) is 12.4. The lowest BCUT2D eigenvalue weighted by Gasteiger charge is -2.46. The van der Waals surface area contributed by atoms with Gasteiger partial charge in [0.15, 0.2) is 0 Å². The van der Waals surface area contributed by atoms with Gasteiger partial charge in [-0.1, -0.05) is 183 Å². The fraction of sp³-hybridized carbons (Fsp3) is 0.0864. The molecule has 4 aliphatic heterocycles. The largest absolute Gasteiger partial charge is 0.458 e. The molecule has 0 saturated carbocycles. The molecule has 90 heavy (non-hydrogen) atoms. The van der Waals surface area contributed by atoms with E-state index >= 15 is 0 Å². The second kappa shape index (κ2) is 20.8. The molecule has 0 radical (unpaired) electrons. The van der Waals surface area contributed by atoms with Crippen LogP contribution in [0.2, 0.25) is 0 Å². The second-order valence-electron chi connectivity index (χ2n) is 25.5. The highest BCUT2D eigenvalue weighted by Gasteiger charge is 2.49. The van der Waals surface area contributed by atoms with E-state index in [1.54, 1.807) is 0 Å². The molecule has 0 saturated heterocycles. The van der Waals surface area contributed by atoms with Crippen LogP contribution in [-0.2, 0) is 5.41 Å². The second-order valence-corrected chi connectivity index (χ2v) is 26.6. The number of aryl methyl sites for hydroxylation is 3. The number of para-hydroxylation sites is 4. The van der Waals surface area contributed by atoms with Crippen molar-refractivity contribution < 1.29 is 4.74 Å². The van der Waals surface area contributed by atoms with E-state index in [1.807, 2.05) is 11.3 Å². The zero-order chi connectivity index (χ0) is 60.5. The Bertz CT molecular complexity index is 4910. The normalized spacial score (nSPS) is 13.2. The topological polar surface area (TPSA) is 25.4 Å². The Labute approximate surface area is 531 Å². The van der Waals surface area contributed by atoms with Crippen LogP contribution < -0.4 is 61.3 Å². The first-order valence-electron chi connectivity index (χ1n) is 31.3. The minimum Gasteiger partial charge on any atom is -0.458 e. The van der Waals surface area contributed by atoms with Gasteiger partial charge in [0.05, 0.1) is 17.1 Å². The lowest BCUT2D eigenvalue weighted by molar-refractivity contribution is 0.488. The molecular weight excluding hydrogens is 1110 g/mol. The molecule has 0 bridgehead atoms. The number of fused-ring (bicyclic) bond motifs is 10. The molecule has 0 unspecified atom stereocenters. The van der Waals surface area contributed by atoms with Crippen LogP contribution in [0, 0.1) is 20.8 Å². The molecule has 4 aliphatic rings. The van der Waals surface area contributed by atoms with Gasteiger partial charge in [0, 0.05) is 95.2 Å². The molecule has 1 aromatic heterocycles. The highest BCUT2D eigenvalue weighted by molar-refractivity contribution is 7.33. The smallest absolute Gasteiger partial charge is 0.268 e. The van der Waals surface area contributed by atoms with Crippen molar-refractivity contribution in [2.45, 2.75) is 47.0 Å². The molecule has 6 nitrogen and oxygen atoms in total. The van der Waals surface area contributed by atoms with E-state index in [1.165, 1.54) is 59.2 Å². The summed E-state index contributed by atoms with van der Waals surface area (Å²) in [5.74, 6) is 1.69. The monoisotopic (exact) mass is 1180 g/mol. The van der Waals surface area contributed by atoms with Gasteiger partial charge in [-0.3, -0.25) is 0 Å². The number of nitrogens with zero attached hydrogens (tertiary/aromatic N) is 5. The van der Waals surface area contributed by atoms with Gasteiger partial charge in [-0.05, 0) is 174 Å². The van der Waals surface area contributed by atoms with E-state index in [4.69, 9.17) is 4.74 Å². The molecule has 0 atom stereocenters. The summed E-state index contributed by atoms with van der Waals surface area (Å²) in [7, 11) is 0. The molecule has 430 valence electrons. The maximum absolute atomic E-state index is 7.82. The number of hydrogen-bond donors (Lipinski definition) is 0. The third kappa shape index (κ3) is 8.62. The third-order valence-corrected chi connectivity index (χ3v) is 20.0. The van der Waals surface area contributed by atoms with Gasteiger partial charge in [-0.2, -0.15) is 0 Å². The van der Waals surface area contributed by atoms with E-state index in [-0.39, 0.29) is 18.8 Å². The lowest BCUT2D eigenvalue weighted by atomic mass is 9.31. The summed E-state index contributed by atoms with van der Waals surface area (Å²) in [6, 6.07) is 102. The van der Waals surface area contributed by atoms with Crippen LogP contribution in [0.1, 0.15) is 43.0 Å². The molecule has 0 fully saturated rings. The van der Waals surface area contributed by atoms with Gasteiger partial charge in [0.1, 0.15) is 11.5 Å². The Morgan fingerprint density at radius 2 is 0.811 bits per heavy atom. The SMILES string of the molecule is Cc1ccc(N(c2ccc(C)cc2)c2cc3c4c(c2)N(c2ccccc2)c2c(sc5ccccc25)B4c2cc4c(cc2O3)N(c2ccccc2)c2cc(N(c3ccc(C)cc3)c3ccc(C(C)(C)C)cc3)cc3c2B4c2ccccc2N3c2ccccc2)cc1. The molecule has 12 aromatic carbocycles. The molecule has 0 amide bonds. The average molecular weight is 1180 g/mol. The molecule has 13 aromatic rings. The van der Waals surface area contributed by atoms with Gasteiger partial charge in [-0.15, -0.1) is 11.3 Å². The number of anilines is 15. The molecule has 9 heteroatoms. The minimum atomic E-state index is -0.168. The average Bonchev–Trinajstić information content (AvgIpc) is 1.00. The van der Waals surface area contributed by atoms with Gasteiger partial charge < -0.3 is 29.2 Å². The molecule has 5 heterocycles. The summed E-state index contributed by atoms with van der Waals surface area (Å²) in [6.45, 7) is 13.0. The van der Waals surface area contributed by atoms with Gasteiger partial charge >= 0.3 is 0 Å². The predicted octanol–water partition coefficient (Wildman–Crippen LogP) is 18.6. The fourth-order valence-electron chi connectivity index (χ4n) is 14.5. The molecular formula is C81H63B2N5OS. The molecule has 0 aliphatic carbocycles. The Morgan fingerprint density at radius 3 is 1.36 bits per heavy atom. The summed E-state index contributed by atoms with van der Waals surface area (Å²) in [6.07, 6.45) is 0. The molecule has 0 spiro atoms. The van der Waals surface area contributed by atoms with Crippen LogP contribution in [0.3, 0.4) is 0 Å². The van der Waals surface area contributed by atoms with Crippen molar-refractivity contribution in [2.24, 2.45) is 0 Å². The first kappa shape index (κ1) is 53.7. The van der Waals surface area contributed by atoms with Crippen LogP contribution >= 0.6 is 11.3 Å². The Morgan fingerprint density at radius 1 is 0.356 bits per heavy atom. The third-order valence-electron chi connectivity index (χ3n) is 18.8. The van der Waals surface area contributed by atoms with Crippen molar-refractivity contribution in [3.05, 3.63) is 295 Å². The summed E-state index contributed by atoms with van der Waals surface area (Å²) >= 11 is 1.91. The summed E-state index contributed by atoms with van der Waals surface area (Å²) in [5, 5.41) is 1.23. The molecule has 0 N–H and O–H groups in total. The minimum absolute atomic E-state index is 0.0101. The zero-order valence-corrected chi connectivity index (χ0v) is 52.0. The highest BCUT2D eigenvalue weighted by Crippen LogP contribution is 2.52. The van der Waals surface area contributed by atoms with Crippen LogP contribution in [0.4, 0.5) is 85.3 Å². The number of thiophene rings is 1. The number of rotatable bonds is 9. The number of benzene rings is 12. The van der Waals surface area contributed by atoms with E-state index in [0.29, 0.717) is 0 Å². The first-order valence-corrected chi connectivity index (χ1v) is 32.1. The predicted molar refractivity (Wildman–Crippen MR) is 384 cm³/mol. The summed E-state index contributed by atoms with van der Waals surface area (Å²) in [5.41, 5.74) is 27.4. The van der Waals surface area contributed by atoms with Crippen LogP contribution in [0.15, 0.2) is 273 Å². The van der Waals surface area contributed by atoms with Crippen LogP contribution in [0.5, 0.6) is 11.5 Å². The van der Waals surface area contributed by atoms with Gasteiger partial charge in [0.25, 0.3) is 13.4 Å². The van der Waals surface area contributed by atoms with E-state index < -0.39 is 0 Å². The van der Waals surface area contributed by atoms with Crippen LogP contribution in [0.25, 0.3) is 10.1 Å². The van der Waals surface area contributed by atoms with Crippen molar-refractivity contribution in [1.29, 1.82) is 0 Å². The maximum Gasteiger partial charge on any atom is 0.268 e. The first-order chi connectivity index (χ1) is 44.0. The van der Waals surface area contributed by atoms with Crippen molar-refractivity contribution in [2.75, 3.05) is 24.5 Å². The van der Waals surface area contributed by atoms with E-state index in [9.17, 15) is 0 Å². The van der Waals surface area contributed by atoms with Crippen LogP contribution in [-0.4, -0.2) is 13.4 Å². The van der Waals surface area contributed by atoms with Crippen molar-refractivity contribution in [3.63, 3.8) is 0 Å². The highest BCUT2D eigenvalue weighted by atomic mass is 32.1. The standard InChI is InChI=1S/C81H63B2N5OS/c1-52-30-38-59(39-31-52)84(62-44-36-55(37-45-62)81(4,5)6)63-46-71-77-72(47-63)87(57-22-12-8-13-23-57)70-51-74-68(50-67(70)82(77)66-27-17-18-28-69(66)86(71)56-20-10-7-11-21-56)83-78-73(88(58-24-14-9-15-25-58)79-65-26-16-19-29-76(65)90-80(79)83)48-64(49-75(78)89-74)85(60-40-32-53(2)33-41-60)61-42-34-54(3)35-43-61/h7-51H,1-6H3. The summed E-state index contributed by atoms with van der Waals surface area (Å²) < 4.78 is 10.4. The Kier molecular flexibility index (Phi) is 12.4. The van der Waals surface area contributed by atoms with Crippen molar-refractivity contribution in [3.8, 4) is 11.5 Å². The molecule has 17 rings (SSSR count). The zero-order valence-electron chi connectivity index (χ0n) is 51.2. The van der Waals surface area contributed by atoms with Crippen molar-refractivity contribution >= 4 is 152 Å². The number of hydrogen-bond acceptors (Lipinski definition) is 7.